The third-order valence-electron chi connectivity index (χ3n) is 2.86. The number of halogens is 5. The molecule has 0 spiro atoms. The van der Waals surface area contributed by atoms with Gasteiger partial charge in [0.15, 0.2) is 0 Å². The molecular weight excluding hydrogens is 324 g/mol. The van der Waals surface area contributed by atoms with E-state index < -0.39 is 34.3 Å². The van der Waals surface area contributed by atoms with Gasteiger partial charge in [0.25, 0.3) is 5.91 Å². The molecule has 2 aromatic rings. The normalized spacial score (nSPS) is 11.4. The smallest absolute Gasteiger partial charge is 0.310 e. The van der Waals surface area contributed by atoms with Gasteiger partial charge in [-0.2, -0.15) is 13.2 Å². The predicted octanol–water partition coefficient (Wildman–Crippen LogP) is 4.17. The second kappa shape index (κ2) is 5.92. The number of carbonyl (C=O) groups is 1. The van der Waals surface area contributed by atoms with E-state index in [1.165, 1.54) is 19.2 Å². The first-order chi connectivity index (χ1) is 10.2. The van der Waals surface area contributed by atoms with Gasteiger partial charge < -0.3 is 4.90 Å². The Balaban J connectivity index is 2.36. The van der Waals surface area contributed by atoms with Gasteiger partial charge in [0.1, 0.15) is 16.7 Å². The maximum atomic E-state index is 12.9. The molecule has 0 aliphatic heterocycles. The van der Waals surface area contributed by atoms with Crippen molar-refractivity contribution in [3.05, 3.63) is 58.6 Å². The van der Waals surface area contributed by atoms with Crippen molar-refractivity contribution < 1.29 is 22.4 Å². The van der Waals surface area contributed by atoms with Crippen molar-refractivity contribution in [2.45, 2.75) is 6.18 Å². The fraction of sp³-hybridized carbons (Fsp3) is 0.143. The van der Waals surface area contributed by atoms with Gasteiger partial charge in [-0.3, -0.25) is 4.79 Å². The number of benzene rings is 1. The van der Waals surface area contributed by atoms with Crippen LogP contribution in [0.2, 0.25) is 5.15 Å². The number of hydrogen-bond acceptors (Lipinski definition) is 2. The average Bonchev–Trinajstić information content (AvgIpc) is 2.45. The monoisotopic (exact) mass is 332 g/mol. The van der Waals surface area contributed by atoms with Crippen molar-refractivity contribution in [2.24, 2.45) is 0 Å². The molecule has 1 heterocycles. The number of amides is 1. The molecule has 0 fully saturated rings. The molecule has 116 valence electrons. The molecule has 0 saturated heterocycles. The zero-order chi connectivity index (χ0) is 16.5. The number of aromatic nitrogens is 1. The molecule has 1 amide bonds. The Hall–Kier alpha value is -2.15. The second-order valence-corrected chi connectivity index (χ2v) is 4.79. The Kier molecular flexibility index (Phi) is 4.37. The van der Waals surface area contributed by atoms with Crippen LogP contribution in [-0.4, -0.2) is 17.9 Å². The van der Waals surface area contributed by atoms with Crippen LogP contribution in [0.5, 0.6) is 0 Å². The molecule has 0 bridgehead atoms. The van der Waals surface area contributed by atoms with E-state index in [2.05, 4.69) is 4.98 Å². The number of nitrogens with zero attached hydrogens (tertiary/aromatic N) is 2. The molecule has 0 unspecified atom stereocenters. The minimum Gasteiger partial charge on any atom is -0.310 e. The zero-order valence-corrected chi connectivity index (χ0v) is 11.9. The van der Waals surface area contributed by atoms with E-state index in [1.54, 1.807) is 0 Å². The molecular formula is C14H9ClF4N2O. The van der Waals surface area contributed by atoms with Crippen LogP contribution in [-0.2, 0) is 6.18 Å². The quantitative estimate of drug-likeness (QED) is 0.611. The van der Waals surface area contributed by atoms with Crippen molar-refractivity contribution >= 4 is 23.2 Å². The topological polar surface area (TPSA) is 33.2 Å². The fourth-order valence-electron chi connectivity index (χ4n) is 1.72. The van der Waals surface area contributed by atoms with Gasteiger partial charge in [0.05, 0.1) is 5.56 Å². The molecule has 8 heteroatoms. The van der Waals surface area contributed by atoms with E-state index in [0.29, 0.717) is 17.8 Å². The lowest BCUT2D eigenvalue weighted by Crippen LogP contribution is -2.27. The summed E-state index contributed by atoms with van der Waals surface area (Å²) in [7, 11) is 1.34. The van der Waals surface area contributed by atoms with Crippen LogP contribution in [0.15, 0.2) is 36.4 Å². The molecule has 0 aliphatic rings. The van der Waals surface area contributed by atoms with Crippen molar-refractivity contribution in [3.8, 4) is 0 Å². The first-order valence-corrected chi connectivity index (χ1v) is 6.34. The van der Waals surface area contributed by atoms with Gasteiger partial charge in [-0.25, -0.2) is 9.37 Å². The maximum absolute atomic E-state index is 12.9. The van der Waals surface area contributed by atoms with Gasteiger partial charge in [-0.15, -0.1) is 0 Å². The summed E-state index contributed by atoms with van der Waals surface area (Å²) in [6.45, 7) is 0. The van der Waals surface area contributed by atoms with E-state index in [-0.39, 0.29) is 0 Å². The van der Waals surface area contributed by atoms with Crippen LogP contribution < -0.4 is 4.90 Å². The summed E-state index contributed by atoms with van der Waals surface area (Å²) in [5.41, 5.74) is -1.21. The molecule has 22 heavy (non-hydrogen) atoms. The summed E-state index contributed by atoms with van der Waals surface area (Å²) < 4.78 is 51.0. The second-order valence-electron chi connectivity index (χ2n) is 4.40. The number of pyridine rings is 1. The number of hydrogen-bond donors (Lipinski definition) is 0. The minimum absolute atomic E-state index is 0.307. The summed E-state index contributed by atoms with van der Waals surface area (Å²) in [4.78, 5) is 16.9. The summed E-state index contributed by atoms with van der Waals surface area (Å²) in [6.07, 6.45) is -4.64. The summed E-state index contributed by atoms with van der Waals surface area (Å²) >= 11 is 5.54. The van der Waals surface area contributed by atoms with E-state index in [4.69, 9.17) is 11.6 Å². The Morgan fingerprint density at radius 1 is 1.18 bits per heavy atom. The molecule has 0 aliphatic carbocycles. The highest BCUT2D eigenvalue weighted by Gasteiger charge is 2.32. The van der Waals surface area contributed by atoms with E-state index >= 15 is 0 Å². The van der Waals surface area contributed by atoms with Crippen LogP contribution in [0.1, 0.15) is 16.1 Å². The molecule has 0 N–H and O–H groups in total. The Labute approximate surface area is 128 Å². The lowest BCUT2D eigenvalue weighted by Gasteiger charge is -2.17. The zero-order valence-electron chi connectivity index (χ0n) is 11.2. The largest absolute Gasteiger partial charge is 0.416 e. The highest BCUT2D eigenvalue weighted by molar-refractivity contribution is 6.29. The lowest BCUT2D eigenvalue weighted by molar-refractivity contribution is -0.137. The van der Waals surface area contributed by atoms with Gasteiger partial charge in [-0.05, 0) is 36.4 Å². The van der Waals surface area contributed by atoms with Crippen molar-refractivity contribution in [2.75, 3.05) is 11.9 Å². The molecule has 0 atom stereocenters. The van der Waals surface area contributed by atoms with Gasteiger partial charge >= 0.3 is 6.18 Å². The first kappa shape index (κ1) is 16.2. The number of carbonyl (C=O) groups excluding carboxylic acids is 1. The molecule has 3 nitrogen and oxygen atoms in total. The first-order valence-electron chi connectivity index (χ1n) is 5.97. The standard InChI is InChI=1S/C14H9ClF4N2O/c1-21(10-4-2-9(16)3-5-10)13(22)11-6-8(14(17,18)19)7-12(15)20-11/h2-7H,1H3. The van der Waals surface area contributed by atoms with Crippen LogP contribution in [0.3, 0.4) is 0 Å². The van der Waals surface area contributed by atoms with E-state index in [0.717, 1.165) is 17.0 Å². The Morgan fingerprint density at radius 3 is 2.32 bits per heavy atom. The number of rotatable bonds is 2. The third-order valence-corrected chi connectivity index (χ3v) is 3.05. The van der Waals surface area contributed by atoms with Crippen molar-refractivity contribution in [3.63, 3.8) is 0 Å². The van der Waals surface area contributed by atoms with E-state index in [1.807, 2.05) is 0 Å². The van der Waals surface area contributed by atoms with Gasteiger partial charge in [0.2, 0.25) is 0 Å². The van der Waals surface area contributed by atoms with Gasteiger partial charge in [-0.1, -0.05) is 11.6 Å². The fourth-order valence-corrected chi connectivity index (χ4v) is 1.93. The SMILES string of the molecule is CN(C(=O)c1cc(C(F)(F)F)cc(Cl)n1)c1ccc(F)cc1. The van der Waals surface area contributed by atoms with Crippen LogP contribution in [0, 0.1) is 5.82 Å². The average molecular weight is 333 g/mol. The third kappa shape index (κ3) is 3.54. The molecule has 1 aromatic carbocycles. The number of anilines is 1. The summed E-state index contributed by atoms with van der Waals surface area (Å²) in [6, 6.07) is 6.16. The Morgan fingerprint density at radius 2 is 1.77 bits per heavy atom. The lowest BCUT2D eigenvalue weighted by atomic mass is 10.2. The summed E-state index contributed by atoms with van der Waals surface area (Å²) in [5.74, 6) is -1.29. The Bertz CT molecular complexity index is 701. The summed E-state index contributed by atoms with van der Waals surface area (Å²) in [5, 5.41) is -0.439. The van der Waals surface area contributed by atoms with Crippen molar-refractivity contribution in [1.29, 1.82) is 0 Å². The van der Waals surface area contributed by atoms with E-state index in [9.17, 15) is 22.4 Å². The number of alkyl halides is 3. The van der Waals surface area contributed by atoms with Crippen LogP contribution in [0.4, 0.5) is 23.2 Å². The molecule has 0 radical (unpaired) electrons. The van der Waals surface area contributed by atoms with Crippen molar-refractivity contribution in [1.82, 2.24) is 4.98 Å². The van der Waals surface area contributed by atoms with Crippen LogP contribution in [0.25, 0.3) is 0 Å². The maximum Gasteiger partial charge on any atom is 0.416 e. The van der Waals surface area contributed by atoms with Crippen LogP contribution >= 0.6 is 11.6 Å². The molecule has 1 aromatic heterocycles. The predicted molar refractivity (Wildman–Crippen MR) is 73.4 cm³/mol. The highest BCUT2D eigenvalue weighted by Crippen LogP contribution is 2.31. The highest BCUT2D eigenvalue weighted by atomic mass is 35.5. The van der Waals surface area contributed by atoms with Gasteiger partial charge in [0, 0.05) is 12.7 Å². The molecule has 2 rings (SSSR count). The minimum atomic E-state index is -4.64. The molecule has 0 saturated carbocycles.